The molecule has 2 saturated heterocycles. The first kappa shape index (κ1) is 17.2. The summed E-state index contributed by atoms with van der Waals surface area (Å²) < 4.78 is 11.7. The Morgan fingerprint density at radius 1 is 1.14 bits per heavy atom. The maximum atomic E-state index is 6.10. The molecule has 2 aliphatic rings. The molecule has 4 nitrogen and oxygen atoms in total. The highest BCUT2D eigenvalue weighted by Gasteiger charge is 2.36. The lowest BCUT2D eigenvalue weighted by molar-refractivity contribution is -0.110. The quantitative estimate of drug-likeness (QED) is 0.778. The van der Waals surface area contributed by atoms with Crippen molar-refractivity contribution in [3.63, 3.8) is 0 Å². The van der Waals surface area contributed by atoms with Crippen LogP contribution >= 0.6 is 0 Å². The van der Waals surface area contributed by atoms with E-state index in [1.165, 1.54) is 6.42 Å². The van der Waals surface area contributed by atoms with E-state index in [-0.39, 0.29) is 11.1 Å². The molecular weight excluding hydrogens is 264 g/mol. The van der Waals surface area contributed by atoms with E-state index < -0.39 is 0 Å². The molecule has 0 radical (unpaired) electrons. The molecule has 4 heteroatoms. The van der Waals surface area contributed by atoms with Crippen LogP contribution in [0.25, 0.3) is 0 Å². The molecule has 0 N–H and O–H groups in total. The summed E-state index contributed by atoms with van der Waals surface area (Å²) in [6.07, 6.45) is 2.33. The summed E-state index contributed by atoms with van der Waals surface area (Å²) in [4.78, 5) is 5.12. The Labute approximate surface area is 130 Å². The van der Waals surface area contributed by atoms with Crippen LogP contribution in [0.2, 0.25) is 0 Å². The van der Waals surface area contributed by atoms with Crippen molar-refractivity contribution in [2.75, 3.05) is 46.0 Å². The third-order valence-corrected chi connectivity index (χ3v) is 5.20. The first-order valence-corrected chi connectivity index (χ1v) is 8.57. The van der Waals surface area contributed by atoms with Crippen LogP contribution in [0, 0.1) is 0 Å². The van der Waals surface area contributed by atoms with Gasteiger partial charge in [0.05, 0.1) is 25.4 Å². The van der Waals surface area contributed by atoms with Crippen LogP contribution in [0.3, 0.4) is 0 Å². The van der Waals surface area contributed by atoms with Crippen LogP contribution in [0.15, 0.2) is 0 Å². The normalized spacial score (nSPS) is 33.0. The number of ether oxygens (including phenoxy) is 2. The first-order chi connectivity index (χ1) is 9.86. The van der Waals surface area contributed by atoms with Crippen molar-refractivity contribution in [1.29, 1.82) is 0 Å². The van der Waals surface area contributed by atoms with Gasteiger partial charge in [0.25, 0.3) is 0 Å². The number of hydrogen-bond acceptors (Lipinski definition) is 4. The van der Waals surface area contributed by atoms with E-state index in [4.69, 9.17) is 9.47 Å². The molecular formula is C17H34N2O2. The van der Waals surface area contributed by atoms with Gasteiger partial charge in [0.1, 0.15) is 0 Å². The lowest BCUT2D eigenvalue weighted by Crippen LogP contribution is -2.57. The average Bonchev–Trinajstić information content (AvgIpc) is 2.44. The minimum absolute atomic E-state index is 0.0267. The average molecular weight is 298 g/mol. The summed E-state index contributed by atoms with van der Waals surface area (Å²) in [6, 6.07) is 0.585. The van der Waals surface area contributed by atoms with E-state index in [2.05, 4.69) is 44.4 Å². The molecule has 0 aromatic carbocycles. The summed E-state index contributed by atoms with van der Waals surface area (Å²) in [6.45, 7) is 18.4. The maximum absolute atomic E-state index is 6.10. The first-order valence-electron chi connectivity index (χ1n) is 8.57. The molecule has 0 spiro atoms. The van der Waals surface area contributed by atoms with E-state index in [0.717, 1.165) is 52.4 Å². The van der Waals surface area contributed by atoms with Gasteiger partial charge in [-0.2, -0.15) is 0 Å². The van der Waals surface area contributed by atoms with Gasteiger partial charge in [-0.1, -0.05) is 6.92 Å². The molecule has 2 fully saturated rings. The zero-order valence-corrected chi connectivity index (χ0v) is 14.7. The topological polar surface area (TPSA) is 24.9 Å². The van der Waals surface area contributed by atoms with Crippen LogP contribution in [0.4, 0.5) is 0 Å². The maximum Gasteiger partial charge on any atom is 0.0782 e. The monoisotopic (exact) mass is 298 g/mol. The third kappa shape index (κ3) is 4.41. The summed E-state index contributed by atoms with van der Waals surface area (Å²) in [5.41, 5.74) is 0.181. The van der Waals surface area contributed by atoms with Gasteiger partial charge in [-0.3, -0.25) is 9.80 Å². The van der Waals surface area contributed by atoms with Gasteiger partial charge in [0.2, 0.25) is 0 Å². The van der Waals surface area contributed by atoms with Gasteiger partial charge in [-0.15, -0.1) is 0 Å². The van der Waals surface area contributed by atoms with Gasteiger partial charge >= 0.3 is 0 Å². The molecule has 2 unspecified atom stereocenters. The van der Waals surface area contributed by atoms with E-state index in [1.807, 2.05) is 0 Å². The van der Waals surface area contributed by atoms with Crippen LogP contribution in [-0.4, -0.2) is 73.0 Å². The van der Waals surface area contributed by atoms with Gasteiger partial charge in [0, 0.05) is 31.2 Å². The molecule has 2 rings (SSSR count). The Morgan fingerprint density at radius 3 is 2.57 bits per heavy atom. The Hall–Kier alpha value is -0.160. The smallest absolute Gasteiger partial charge is 0.0782 e. The summed E-state index contributed by atoms with van der Waals surface area (Å²) >= 11 is 0. The molecule has 0 amide bonds. The number of morpholine rings is 2. The Kier molecular flexibility index (Phi) is 5.69. The summed E-state index contributed by atoms with van der Waals surface area (Å²) in [5.74, 6) is 0. The van der Waals surface area contributed by atoms with Crippen molar-refractivity contribution in [3.05, 3.63) is 0 Å². The zero-order chi connectivity index (χ0) is 15.5. The molecule has 0 saturated carbocycles. The molecule has 0 bridgehead atoms. The van der Waals surface area contributed by atoms with E-state index >= 15 is 0 Å². The van der Waals surface area contributed by atoms with Crippen LogP contribution in [0.5, 0.6) is 0 Å². The van der Waals surface area contributed by atoms with Gasteiger partial charge in [0.15, 0.2) is 0 Å². The van der Waals surface area contributed by atoms with Crippen molar-refractivity contribution < 1.29 is 9.47 Å². The van der Waals surface area contributed by atoms with Gasteiger partial charge in [-0.25, -0.2) is 0 Å². The fourth-order valence-electron chi connectivity index (χ4n) is 3.80. The van der Waals surface area contributed by atoms with Crippen molar-refractivity contribution in [2.45, 2.75) is 64.6 Å². The Morgan fingerprint density at radius 2 is 1.90 bits per heavy atom. The fourth-order valence-corrected chi connectivity index (χ4v) is 3.80. The molecule has 0 aromatic heterocycles. The van der Waals surface area contributed by atoms with Crippen LogP contribution in [-0.2, 0) is 9.47 Å². The predicted molar refractivity (Wildman–Crippen MR) is 86.8 cm³/mol. The molecule has 0 aliphatic carbocycles. The molecule has 2 atom stereocenters. The number of rotatable bonds is 5. The van der Waals surface area contributed by atoms with Crippen LogP contribution < -0.4 is 0 Å². The second-order valence-electron chi connectivity index (χ2n) is 7.61. The van der Waals surface area contributed by atoms with Gasteiger partial charge in [-0.05, 0) is 47.1 Å². The SMILES string of the molecule is CCN1CCOC(C)(CCC(C)N2CCOCC2(C)C)C1. The second kappa shape index (κ2) is 6.95. The highest BCUT2D eigenvalue weighted by Crippen LogP contribution is 2.28. The fraction of sp³-hybridized carbons (Fsp3) is 1.00. The predicted octanol–water partition coefficient (Wildman–Crippen LogP) is 2.38. The standard InChI is InChI=1S/C17H34N2O2/c1-6-18-9-12-21-17(5,13-18)8-7-15(2)19-10-11-20-14-16(19,3)4/h15H,6-14H2,1-5H3. The Bertz CT molecular complexity index is 335. The largest absolute Gasteiger partial charge is 0.378 e. The summed E-state index contributed by atoms with van der Waals surface area (Å²) in [5, 5.41) is 0. The third-order valence-electron chi connectivity index (χ3n) is 5.20. The highest BCUT2D eigenvalue weighted by atomic mass is 16.5. The second-order valence-corrected chi connectivity index (χ2v) is 7.61. The van der Waals surface area contributed by atoms with E-state index in [9.17, 15) is 0 Å². The molecule has 2 aliphatic heterocycles. The van der Waals surface area contributed by atoms with Crippen molar-refractivity contribution in [3.8, 4) is 0 Å². The highest BCUT2D eigenvalue weighted by molar-refractivity contribution is 4.90. The van der Waals surface area contributed by atoms with Gasteiger partial charge < -0.3 is 9.47 Å². The summed E-state index contributed by atoms with van der Waals surface area (Å²) in [7, 11) is 0. The number of nitrogens with zero attached hydrogens (tertiary/aromatic N) is 2. The minimum atomic E-state index is 0.0267. The molecule has 0 aromatic rings. The lowest BCUT2D eigenvalue weighted by Gasteiger charge is -2.47. The minimum Gasteiger partial charge on any atom is -0.378 e. The van der Waals surface area contributed by atoms with Crippen LogP contribution in [0.1, 0.15) is 47.5 Å². The van der Waals surface area contributed by atoms with Crippen molar-refractivity contribution in [1.82, 2.24) is 9.80 Å². The van der Waals surface area contributed by atoms with Crippen molar-refractivity contribution >= 4 is 0 Å². The van der Waals surface area contributed by atoms with Crippen molar-refractivity contribution in [2.24, 2.45) is 0 Å². The van der Waals surface area contributed by atoms with E-state index in [1.54, 1.807) is 0 Å². The Balaban J connectivity index is 1.86. The number of hydrogen-bond donors (Lipinski definition) is 0. The molecule has 124 valence electrons. The zero-order valence-electron chi connectivity index (χ0n) is 14.7. The number of likely N-dealkylation sites (N-methyl/N-ethyl adjacent to an activating group) is 1. The molecule has 2 heterocycles. The molecule has 21 heavy (non-hydrogen) atoms. The van der Waals surface area contributed by atoms with E-state index in [0.29, 0.717) is 6.04 Å². The lowest BCUT2D eigenvalue weighted by atomic mass is 9.92.